The quantitative estimate of drug-likeness (QED) is 0.396. The van der Waals surface area contributed by atoms with Crippen LogP contribution in [0.4, 0.5) is 11.4 Å². The summed E-state index contributed by atoms with van der Waals surface area (Å²) in [5, 5.41) is 31.9. The van der Waals surface area contributed by atoms with Gasteiger partial charge in [-0.25, -0.2) is 4.79 Å². The molecule has 0 bridgehead atoms. The first-order valence-corrected chi connectivity index (χ1v) is 5.90. The third kappa shape index (κ3) is 5.07. The molecule has 1 aromatic rings. The lowest BCUT2D eigenvalue weighted by atomic mass is 10.2. The van der Waals surface area contributed by atoms with Crippen LogP contribution in [0.15, 0.2) is 23.3 Å². The smallest absolute Gasteiger partial charge is 0.352 e. The molecule has 0 aromatic heterocycles. The minimum atomic E-state index is -1.42. The van der Waals surface area contributed by atoms with E-state index in [0.29, 0.717) is 0 Å². The first kappa shape index (κ1) is 16.4. The summed E-state index contributed by atoms with van der Waals surface area (Å²) in [4.78, 5) is 31.4. The molecule has 0 saturated carbocycles. The lowest BCUT2D eigenvalue weighted by Crippen LogP contribution is -2.16. The van der Waals surface area contributed by atoms with Crippen LogP contribution in [0, 0.1) is 10.1 Å². The average Bonchev–Trinajstić information content (AvgIpc) is 2.37. The van der Waals surface area contributed by atoms with Gasteiger partial charge in [0.05, 0.1) is 11.3 Å². The SMILES string of the molecule is O=C(O)CC/C(=N\Nc1cc(Cl)ccc1[N+](=O)[O-])C(=O)O. The maximum Gasteiger partial charge on any atom is 0.352 e. The van der Waals surface area contributed by atoms with Gasteiger partial charge in [-0.2, -0.15) is 5.10 Å². The number of benzene rings is 1. The van der Waals surface area contributed by atoms with Crippen molar-refractivity contribution in [2.45, 2.75) is 12.8 Å². The van der Waals surface area contributed by atoms with Crippen molar-refractivity contribution < 1.29 is 24.7 Å². The highest BCUT2D eigenvalue weighted by atomic mass is 35.5. The zero-order valence-corrected chi connectivity index (χ0v) is 11.2. The second-order valence-corrected chi connectivity index (χ2v) is 4.22. The van der Waals surface area contributed by atoms with Gasteiger partial charge in [-0.05, 0) is 12.1 Å². The molecular formula is C11H10ClN3O6. The molecule has 21 heavy (non-hydrogen) atoms. The summed E-state index contributed by atoms with van der Waals surface area (Å²) >= 11 is 5.70. The van der Waals surface area contributed by atoms with Crippen molar-refractivity contribution in [2.24, 2.45) is 5.10 Å². The Bertz CT molecular complexity index is 616. The van der Waals surface area contributed by atoms with Gasteiger partial charge >= 0.3 is 11.9 Å². The number of nitrogens with zero attached hydrogens (tertiary/aromatic N) is 2. The number of aliphatic carboxylic acids is 2. The Morgan fingerprint density at radius 3 is 2.52 bits per heavy atom. The van der Waals surface area contributed by atoms with Crippen molar-refractivity contribution in [1.29, 1.82) is 0 Å². The number of halogens is 1. The number of anilines is 1. The van der Waals surface area contributed by atoms with Crippen LogP contribution in [0.25, 0.3) is 0 Å². The molecule has 0 atom stereocenters. The van der Waals surface area contributed by atoms with E-state index in [1.165, 1.54) is 12.1 Å². The van der Waals surface area contributed by atoms with Gasteiger partial charge in [0.2, 0.25) is 0 Å². The number of carbonyl (C=O) groups is 2. The van der Waals surface area contributed by atoms with E-state index in [4.69, 9.17) is 21.8 Å². The zero-order valence-electron chi connectivity index (χ0n) is 10.4. The highest BCUT2D eigenvalue weighted by Crippen LogP contribution is 2.27. The van der Waals surface area contributed by atoms with Gasteiger partial charge in [0.25, 0.3) is 5.69 Å². The molecule has 0 heterocycles. The van der Waals surface area contributed by atoms with Crippen molar-refractivity contribution in [3.05, 3.63) is 33.3 Å². The second kappa shape index (κ2) is 7.20. The fourth-order valence-corrected chi connectivity index (χ4v) is 1.49. The molecule has 0 saturated heterocycles. The van der Waals surface area contributed by atoms with Crippen LogP contribution in [-0.2, 0) is 9.59 Å². The zero-order chi connectivity index (χ0) is 16.0. The Morgan fingerprint density at radius 1 is 1.33 bits per heavy atom. The largest absolute Gasteiger partial charge is 0.481 e. The number of hydrogen-bond acceptors (Lipinski definition) is 6. The van der Waals surface area contributed by atoms with Crippen LogP contribution >= 0.6 is 11.6 Å². The maximum absolute atomic E-state index is 10.9. The molecule has 0 radical (unpaired) electrons. The molecule has 3 N–H and O–H groups in total. The lowest BCUT2D eigenvalue weighted by molar-refractivity contribution is -0.384. The van der Waals surface area contributed by atoms with E-state index in [1.807, 2.05) is 0 Å². The molecule has 0 aliphatic carbocycles. The van der Waals surface area contributed by atoms with Gasteiger partial charge in [-0.15, -0.1) is 0 Å². The van der Waals surface area contributed by atoms with Crippen LogP contribution in [0.5, 0.6) is 0 Å². The Kier molecular flexibility index (Phi) is 5.61. The molecule has 9 nitrogen and oxygen atoms in total. The minimum absolute atomic E-state index is 0.0958. The topological polar surface area (TPSA) is 142 Å². The van der Waals surface area contributed by atoms with Gasteiger partial charge < -0.3 is 10.2 Å². The van der Waals surface area contributed by atoms with E-state index in [1.54, 1.807) is 0 Å². The van der Waals surface area contributed by atoms with E-state index >= 15 is 0 Å². The van der Waals surface area contributed by atoms with Crippen molar-refractivity contribution in [3.63, 3.8) is 0 Å². The van der Waals surface area contributed by atoms with Crippen molar-refractivity contribution in [1.82, 2.24) is 0 Å². The molecule has 0 unspecified atom stereocenters. The summed E-state index contributed by atoms with van der Waals surface area (Å²) in [5.74, 6) is -2.61. The van der Waals surface area contributed by atoms with E-state index in [2.05, 4.69) is 10.5 Å². The predicted octanol–water partition coefficient (Wildman–Crippen LogP) is 1.97. The number of nitrogens with one attached hydrogen (secondary N) is 1. The Morgan fingerprint density at radius 2 is 2.00 bits per heavy atom. The van der Waals surface area contributed by atoms with E-state index in [-0.39, 0.29) is 22.8 Å². The molecule has 10 heteroatoms. The first-order valence-electron chi connectivity index (χ1n) is 5.53. The van der Waals surface area contributed by atoms with Crippen LogP contribution < -0.4 is 5.43 Å². The molecule has 112 valence electrons. The fourth-order valence-electron chi connectivity index (χ4n) is 1.32. The Labute approximate surface area is 123 Å². The monoisotopic (exact) mass is 315 g/mol. The van der Waals surface area contributed by atoms with Crippen molar-refractivity contribution in [2.75, 3.05) is 5.43 Å². The van der Waals surface area contributed by atoms with Crippen LogP contribution in [0.3, 0.4) is 0 Å². The fraction of sp³-hybridized carbons (Fsp3) is 0.182. The molecular weight excluding hydrogens is 306 g/mol. The predicted molar refractivity (Wildman–Crippen MR) is 73.7 cm³/mol. The standard InChI is InChI=1S/C11H10ClN3O6/c12-6-1-3-9(15(20)21)8(5-6)14-13-7(11(18)19)2-4-10(16)17/h1,3,5,14H,2,4H2,(H,16,17)(H,18,19)/b13-7+. The number of carboxylic acids is 2. The molecule has 0 aliphatic rings. The molecule has 0 aliphatic heterocycles. The number of rotatable bonds is 7. The van der Waals surface area contributed by atoms with E-state index in [9.17, 15) is 19.7 Å². The van der Waals surface area contributed by atoms with Gasteiger partial charge in [0.15, 0.2) is 0 Å². The van der Waals surface area contributed by atoms with Gasteiger partial charge in [-0.3, -0.25) is 20.3 Å². The maximum atomic E-state index is 10.9. The Hall–Kier alpha value is -2.68. The number of carboxylic acid groups (broad SMARTS) is 2. The van der Waals surface area contributed by atoms with Crippen LogP contribution in [0.1, 0.15) is 12.8 Å². The summed E-state index contributed by atoms with van der Waals surface area (Å²) in [6, 6.07) is 3.65. The number of hydrogen-bond donors (Lipinski definition) is 3. The highest BCUT2D eigenvalue weighted by molar-refractivity contribution is 6.36. The molecule has 1 aromatic carbocycles. The molecule has 0 fully saturated rings. The molecule has 0 spiro atoms. The summed E-state index contributed by atoms with van der Waals surface area (Å²) in [6.45, 7) is 0. The van der Waals surface area contributed by atoms with E-state index < -0.39 is 29.0 Å². The van der Waals surface area contributed by atoms with Crippen molar-refractivity contribution >= 4 is 40.6 Å². The van der Waals surface area contributed by atoms with Gasteiger partial charge in [-0.1, -0.05) is 11.6 Å². The number of nitro benzene ring substituents is 1. The summed E-state index contributed by atoms with van der Waals surface area (Å²) in [5.41, 5.74) is 1.33. The second-order valence-electron chi connectivity index (χ2n) is 3.79. The summed E-state index contributed by atoms with van der Waals surface area (Å²) in [7, 11) is 0. The third-order valence-corrected chi connectivity index (χ3v) is 2.52. The van der Waals surface area contributed by atoms with Crippen LogP contribution in [0.2, 0.25) is 5.02 Å². The van der Waals surface area contributed by atoms with E-state index in [0.717, 1.165) is 6.07 Å². The van der Waals surface area contributed by atoms with Crippen molar-refractivity contribution in [3.8, 4) is 0 Å². The number of hydrazone groups is 1. The average molecular weight is 316 g/mol. The van der Waals surface area contributed by atoms with Gasteiger partial charge in [0.1, 0.15) is 11.4 Å². The third-order valence-electron chi connectivity index (χ3n) is 2.29. The number of nitro groups is 1. The van der Waals surface area contributed by atoms with Gasteiger partial charge in [0, 0.05) is 17.5 Å². The molecule has 1 rings (SSSR count). The summed E-state index contributed by atoms with van der Waals surface area (Å²) in [6.07, 6.45) is -0.753. The Balaban J connectivity index is 2.99. The van der Waals surface area contributed by atoms with Crippen LogP contribution in [-0.4, -0.2) is 32.8 Å². The summed E-state index contributed by atoms with van der Waals surface area (Å²) < 4.78 is 0. The lowest BCUT2D eigenvalue weighted by Gasteiger charge is -2.04. The highest BCUT2D eigenvalue weighted by Gasteiger charge is 2.16. The minimum Gasteiger partial charge on any atom is -0.481 e. The molecule has 0 amide bonds. The normalized spacial score (nSPS) is 11.0. The first-order chi connectivity index (χ1) is 9.81.